The average molecular weight is 229 g/mol. The van der Waals surface area contributed by atoms with Gasteiger partial charge in [-0.25, -0.2) is 4.79 Å². The van der Waals surface area contributed by atoms with Gasteiger partial charge in [0.25, 0.3) is 0 Å². The molecule has 3 nitrogen and oxygen atoms in total. The summed E-state index contributed by atoms with van der Waals surface area (Å²) in [6.07, 6.45) is 0. The zero-order valence-electron chi connectivity index (χ0n) is 8.87. The predicted molar refractivity (Wildman–Crippen MR) is 58.5 cm³/mol. The maximum absolute atomic E-state index is 10.8. The first-order valence-corrected chi connectivity index (χ1v) is 4.89. The smallest absolute Gasteiger partial charge is 0.347 e. The zero-order valence-corrected chi connectivity index (χ0v) is 9.63. The summed E-state index contributed by atoms with van der Waals surface area (Å²) >= 11 is 5.92. The molecule has 1 N–H and O–H groups in total. The predicted octanol–water partition coefficient (Wildman–Crippen LogP) is 2.89. The molecule has 82 valence electrons. The molecular formula is C11H13ClO3. The lowest BCUT2D eigenvalue weighted by Gasteiger charge is -2.22. The lowest BCUT2D eigenvalue weighted by atomic mass is 10.1. The number of ether oxygens (including phenoxy) is 1. The van der Waals surface area contributed by atoms with Crippen molar-refractivity contribution in [3.63, 3.8) is 0 Å². The third kappa shape index (κ3) is 2.86. The van der Waals surface area contributed by atoms with Crippen molar-refractivity contribution >= 4 is 17.6 Å². The van der Waals surface area contributed by atoms with Gasteiger partial charge >= 0.3 is 5.97 Å². The van der Waals surface area contributed by atoms with Crippen LogP contribution in [0.3, 0.4) is 0 Å². The van der Waals surface area contributed by atoms with E-state index in [0.29, 0.717) is 10.8 Å². The first-order chi connectivity index (χ1) is 6.83. The number of aliphatic carboxylic acids is 1. The number of carbonyl (C=O) groups is 1. The van der Waals surface area contributed by atoms with E-state index in [1.54, 1.807) is 12.1 Å². The van der Waals surface area contributed by atoms with E-state index in [0.717, 1.165) is 5.56 Å². The molecule has 0 bridgehead atoms. The van der Waals surface area contributed by atoms with Crippen molar-refractivity contribution in [3.05, 3.63) is 28.8 Å². The molecule has 0 saturated carbocycles. The fourth-order valence-corrected chi connectivity index (χ4v) is 1.28. The molecular weight excluding hydrogens is 216 g/mol. The number of hydrogen-bond acceptors (Lipinski definition) is 2. The number of benzene rings is 1. The molecule has 0 spiro atoms. The van der Waals surface area contributed by atoms with Crippen LogP contribution in [0.25, 0.3) is 0 Å². The quantitative estimate of drug-likeness (QED) is 0.865. The average Bonchev–Trinajstić information content (AvgIpc) is 2.09. The molecule has 0 aliphatic rings. The van der Waals surface area contributed by atoms with Crippen LogP contribution in [0.15, 0.2) is 18.2 Å². The molecule has 0 fully saturated rings. The highest BCUT2D eigenvalue weighted by atomic mass is 35.5. The number of hydrogen-bond donors (Lipinski definition) is 1. The number of halogens is 1. The number of carboxylic acids is 1. The molecule has 0 heterocycles. The molecule has 0 aliphatic heterocycles. The molecule has 15 heavy (non-hydrogen) atoms. The van der Waals surface area contributed by atoms with E-state index in [-0.39, 0.29) is 0 Å². The van der Waals surface area contributed by atoms with Crippen molar-refractivity contribution < 1.29 is 14.6 Å². The maximum atomic E-state index is 10.8. The highest BCUT2D eigenvalue weighted by molar-refractivity contribution is 6.32. The van der Waals surface area contributed by atoms with Crippen LogP contribution in [-0.2, 0) is 4.79 Å². The Labute approximate surface area is 93.6 Å². The fourth-order valence-electron chi connectivity index (χ4n) is 1.01. The minimum atomic E-state index is -1.28. The van der Waals surface area contributed by atoms with Gasteiger partial charge in [0.05, 0.1) is 5.02 Å². The molecule has 0 saturated heterocycles. The lowest BCUT2D eigenvalue weighted by Crippen LogP contribution is -2.37. The van der Waals surface area contributed by atoms with Gasteiger partial charge in [0, 0.05) is 0 Å². The van der Waals surface area contributed by atoms with Gasteiger partial charge < -0.3 is 9.84 Å². The van der Waals surface area contributed by atoms with E-state index in [2.05, 4.69) is 0 Å². The van der Waals surface area contributed by atoms with Crippen LogP contribution in [0.2, 0.25) is 5.02 Å². The monoisotopic (exact) mass is 228 g/mol. The van der Waals surface area contributed by atoms with Crippen LogP contribution in [0.5, 0.6) is 5.75 Å². The molecule has 1 rings (SSSR count). The van der Waals surface area contributed by atoms with Crippen LogP contribution in [0, 0.1) is 6.92 Å². The van der Waals surface area contributed by atoms with E-state index in [9.17, 15) is 4.79 Å². The molecule has 1 aromatic carbocycles. The van der Waals surface area contributed by atoms with Gasteiger partial charge in [0.2, 0.25) is 0 Å². The van der Waals surface area contributed by atoms with Crippen molar-refractivity contribution in [1.82, 2.24) is 0 Å². The Morgan fingerprint density at radius 3 is 2.53 bits per heavy atom. The fraction of sp³-hybridized carbons (Fsp3) is 0.364. The minimum Gasteiger partial charge on any atom is -0.478 e. The Kier molecular flexibility index (Phi) is 3.25. The van der Waals surface area contributed by atoms with Crippen LogP contribution in [0.1, 0.15) is 19.4 Å². The summed E-state index contributed by atoms with van der Waals surface area (Å²) in [6, 6.07) is 5.22. The highest BCUT2D eigenvalue weighted by Crippen LogP contribution is 2.28. The molecule has 0 radical (unpaired) electrons. The second-order valence-electron chi connectivity index (χ2n) is 3.85. The van der Waals surface area contributed by atoms with E-state index in [1.165, 1.54) is 13.8 Å². The van der Waals surface area contributed by atoms with Crippen LogP contribution in [0.4, 0.5) is 0 Å². The summed E-state index contributed by atoms with van der Waals surface area (Å²) in [7, 11) is 0. The summed E-state index contributed by atoms with van der Waals surface area (Å²) < 4.78 is 5.32. The van der Waals surface area contributed by atoms with Gasteiger partial charge in [0.1, 0.15) is 5.75 Å². The molecule has 4 heteroatoms. The molecule has 0 unspecified atom stereocenters. The van der Waals surface area contributed by atoms with Crippen molar-refractivity contribution in [2.24, 2.45) is 0 Å². The summed E-state index contributed by atoms with van der Waals surface area (Å²) in [4.78, 5) is 10.8. The Morgan fingerprint density at radius 2 is 2.07 bits per heavy atom. The first kappa shape index (κ1) is 11.9. The SMILES string of the molecule is Cc1ccc(OC(C)(C)C(=O)O)c(Cl)c1. The standard InChI is InChI=1S/C11H13ClO3/c1-7-4-5-9(8(12)6-7)15-11(2,3)10(13)14/h4-6H,1-3H3,(H,13,14). The molecule has 0 amide bonds. The third-order valence-corrected chi connectivity index (χ3v) is 2.26. The summed E-state index contributed by atoms with van der Waals surface area (Å²) in [6.45, 7) is 4.86. The largest absolute Gasteiger partial charge is 0.478 e. The van der Waals surface area contributed by atoms with Gasteiger partial charge in [-0.05, 0) is 38.5 Å². The second kappa shape index (κ2) is 4.11. The van der Waals surface area contributed by atoms with Crippen molar-refractivity contribution in [2.45, 2.75) is 26.4 Å². The molecule has 1 aromatic rings. The summed E-state index contributed by atoms with van der Waals surface area (Å²) in [5.74, 6) is -0.645. The van der Waals surface area contributed by atoms with Gasteiger partial charge in [-0.3, -0.25) is 0 Å². The number of aryl methyl sites for hydroxylation is 1. The van der Waals surface area contributed by atoms with Crippen molar-refractivity contribution in [3.8, 4) is 5.75 Å². The summed E-state index contributed by atoms with van der Waals surface area (Å²) in [5, 5.41) is 9.30. The molecule has 0 atom stereocenters. The third-order valence-electron chi connectivity index (χ3n) is 1.97. The van der Waals surface area contributed by atoms with Gasteiger partial charge in [0.15, 0.2) is 5.60 Å². The van der Waals surface area contributed by atoms with Gasteiger partial charge in [-0.1, -0.05) is 17.7 Å². The normalized spacial score (nSPS) is 11.2. The van der Waals surface area contributed by atoms with Crippen molar-refractivity contribution in [1.29, 1.82) is 0 Å². The highest BCUT2D eigenvalue weighted by Gasteiger charge is 2.30. The van der Waals surface area contributed by atoms with Gasteiger partial charge in [-0.15, -0.1) is 0 Å². The van der Waals surface area contributed by atoms with Crippen LogP contribution in [-0.4, -0.2) is 16.7 Å². The first-order valence-electron chi connectivity index (χ1n) is 4.51. The number of carboxylic acid groups (broad SMARTS) is 1. The zero-order chi connectivity index (χ0) is 11.6. The van der Waals surface area contributed by atoms with Crippen LogP contribution >= 0.6 is 11.6 Å². The van der Waals surface area contributed by atoms with E-state index < -0.39 is 11.6 Å². The number of rotatable bonds is 3. The Hall–Kier alpha value is -1.22. The summed E-state index contributed by atoms with van der Waals surface area (Å²) in [5.41, 5.74) is -0.278. The second-order valence-corrected chi connectivity index (χ2v) is 4.26. The van der Waals surface area contributed by atoms with E-state index in [4.69, 9.17) is 21.4 Å². The van der Waals surface area contributed by atoms with Crippen molar-refractivity contribution in [2.75, 3.05) is 0 Å². The Morgan fingerprint density at radius 1 is 1.47 bits per heavy atom. The minimum absolute atomic E-state index is 0.384. The molecule has 0 aromatic heterocycles. The van der Waals surface area contributed by atoms with E-state index in [1.807, 2.05) is 13.0 Å². The maximum Gasteiger partial charge on any atom is 0.347 e. The lowest BCUT2D eigenvalue weighted by molar-refractivity contribution is -0.152. The molecule has 0 aliphatic carbocycles. The van der Waals surface area contributed by atoms with Crippen LogP contribution < -0.4 is 4.74 Å². The van der Waals surface area contributed by atoms with Gasteiger partial charge in [-0.2, -0.15) is 0 Å². The Balaban J connectivity index is 2.95. The van der Waals surface area contributed by atoms with E-state index >= 15 is 0 Å². The topological polar surface area (TPSA) is 46.5 Å². The Bertz CT molecular complexity index is 385.